The summed E-state index contributed by atoms with van der Waals surface area (Å²) in [4.78, 5) is 19.8. The van der Waals surface area contributed by atoms with Crippen LogP contribution in [0.5, 0.6) is 11.5 Å². The number of hydrogen-bond donors (Lipinski definition) is 1. The Labute approximate surface area is 207 Å². The van der Waals surface area contributed by atoms with Crippen LogP contribution in [-0.4, -0.2) is 38.9 Å². The van der Waals surface area contributed by atoms with Gasteiger partial charge in [0.05, 0.1) is 13.1 Å². The quantitative estimate of drug-likeness (QED) is 0.429. The van der Waals surface area contributed by atoms with Gasteiger partial charge >= 0.3 is 0 Å². The molecule has 9 heteroatoms. The van der Waals surface area contributed by atoms with Crippen LogP contribution >= 0.6 is 11.3 Å². The van der Waals surface area contributed by atoms with Crippen molar-refractivity contribution in [2.75, 3.05) is 13.3 Å². The highest BCUT2D eigenvalue weighted by Gasteiger charge is 2.28. The molecule has 0 bridgehead atoms. The van der Waals surface area contributed by atoms with Gasteiger partial charge in [-0.05, 0) is 23.3 Å². The second-order valence-electron chi connectivity index (χ2n) is 8.67. The van der Waals surface area contributed by atoms with Crippen LogP contribution in [0.3, 0.4) is 0 Å². The average molecular weight is 488 g/mol. The Kier molecular flexibility index (Phi) is 5.93. The fourth-order valence-corrected chi connectivity index (χ4v) is 5.18. The summed E-state index contributed by atoms with van der Waals surface area (Å²) in [6.45, 7) is 3.63. The molecule has 1 amide bonds. The lowest BCUT2D eigenvalue weighted by Crippen LogP contribution is -2.32. The number of nitrogens with one attached hydrogen (secondary N) is 1. The molecule has 4 heterocycles. The van der Waals surface area contributed by atoms with Gasteiger partial charge in [-0.25, -0.2) is 4.98 Å². The van der Waals surface area contributed by atoms with Crippen molar-refractivity contribution in [1.82, 2.24) is 25.0 Å². The fraction of sp³-hybridized carbons (Fsp3) is 0.269. The summed E-state index contributed by atoms with van der Waals surface area (Å²) in [5.41, 5.74) is 4.96. The minimum Gasteiger partial charge on any atom is -0.454 e. The van der Waals surface area contributed by atoms with E-state index in [9.17, 15) is 4.79 Å². The van der Waals surface area contributed by atoms with Crippen molar-refractivity contribution < 1.29 is 14.3 Å². The molecule has 2 aliphatic rings. The SMILES string of the molecule is O=C(NCc1nccs1)c1nn(Cc2ccccc2)c2c1CN(Cc1ccc3c(c1)OCO3)CC2. The Hall–Kier alpha value is -3.69. The van der Waals surface area contributed by atoms with E-state index in [1.54, 1.807) is 6.20 Å². The summed E-state index contributed by atoms with van der Waals surface area (Å²) in [6.07, 6.45) is 2.58. The molecule has 2 aromatic heterocycles. The zero-order valence-electron chi connectivity index (χ0n) is 19.1. The van der Waals surface area contributed by atoms with Crippen LogP contribution in [0.25, 0.3) is 0 Å². The van der Waals surface area contributed by atoms with Crippen molar-refractivity contribution in [3.05, 3.63) is 93.2 Å². The molecule has 0 aliphatic carbocycles. The number of amides is 1. The van der Waals surface area contributed by atoms with Gasteiger partial charge in [0.25, 0.3) is 5.91 Å². The number of hydrogen-bond acceptors (Lipinski definition) is 7. The van der Waals surface area contributed by atoms with Crippen LogP contribution in [0.2, 0.25) is 0 Å². The first kappa shape index (κ1) is 21.8. The smallest absolute Gasteiger partial charge is 0.272 e. The predicted molar refractivity (Wildman–Crippen MR) is 131 cm³/mol. The molecule has 6 rings (SSSR count). The van der Waals surface area contributed by atoms with Gasteiger partial charge in [0, 0.05) is 48.9 Å². The topological polar surface area (TPSA) is 81.5 Å². The summed E-state index contributed by atoms with van der Waals surface area (Å²) in [6, 6.07) is 16.3. The van der Waals surface area contributed by atoms with E-state index in [1.807, 2.05) is 40.4 Å². The maximum absolute atomic E-state index is 13.2. The van der Waals surface area contributed by atoms with E-state index in [0.717, 1.165) is 58.4 Å². The Morgan fingerprint density at radius 1 is 1.06 bits per heavy atom. The third-order valence-electron chi connectivity index (χ3n) is 6.33. The van der Waals surface area contributed by atoms with Gasteiger partial charge in [-0.1, -0.05) is 36.4 Å². The zero-order chi connectivity index (χ0) is 23.6. The van der Waals surface area contributed by atoms with Gasteiger partial charge in [0.2, 0.25) is 6.79 Å². The number of rotatable bonds is 7. The minimum atomic E-state index is -0.159. The molecule has 2 aromatic carbocycles. The molecule has 35 heavy (non-hydrogen) atoms. The number of ether oxygens (including phenoxy) is 2. The van der Waals surface area contributed by atoms with E-state index >= 15 is 0 Å². The van der Waals surface area contributed by atoms with Gasteiger partial charge in [0.15, 0.2) is 17.2 Å². The first-order chi connectivity index (χ1) is 17.2. The van der Waals surface area contributed by atoms with E-state index < -0.39 is 0 Å². The second kappa shape index (κ2) is 9.52. The molecule has 2 aliphatic heterocycles. The van der Waals surface area contributed by atoms with E-state index in [-0.39, 0.29) is 12.7 Å². The maximum atomic E-state index is 13.2. The fourth-order valence-electron chi connectivity index (χ4n) is 4.63. The average Bonchev–Trinajstić information content (AvgIpc) is 3.64. The Morgan fingerprint density at radius 3 is 2.80 bits per heavy atom. The second-order valence-corrected chi connectivity index (χ2v) is 9.65. The summed E-state index contributed by atoms with van der Waals surface area (Å²) < 4.78 is 13.0. The molecule has 4 aromatic rings. The Morgan fingerprint density at radius 2 is 1.94 bits per heavy atom. The van der Waals surface area contributed by atoms with Gasteiger partial charge in [-0.2, -0.15) is 5.10 Å². The number of fused-ring (bicyclic) bond motifs is 2. The largest absolute Gasteiger partial charge is 0.454 e. The highest BCUT2D eigenvalue weighted by atomic mass is 32.1. The van der Waals surface area contributed by atoms with Crippen molar-refractivity contribution in [2.24, 2.45) is 0 Å². The molecule has 0 fully saturated rings. The molecule has 0 radical (unpaired) electrons. The molecule has 0 saturated heterocycles. The van der Waals surface area contributed by atoms with Crippen molar-refractivity contribution in [3.8, 4) is 11.5 Å². The van der Waals surface area contributed by atoms with E-state index in [1.165, 1.54) is 11.3 Å². The number of carbonyl (C=O) groups is 1. The monoisotopic (exact) mass is 487 g/mol. The number of carbonyl (C=O) groups excluding carboxylic acids is 1. The normalized spacial score (nSPS) is 14.6. The minimum absolute atomic E-state index is 0.159. The van der Waals surface area contributed by atoms with E-state index in [2.05, 4.69) is 33.4 Å². The van der Waals surface area contributed by atoms with Crippen molar-refractivity contribution >= 4 is 17.2 Å². The first-order valence-electron chi connectivity index (χ1n) is 11.6. The molecule has 0 saturated carbocycles. The Balaban J connectivity index is 1.25. The predicted octanol–water partition coefficient (Wildman–Crippen LogP) is 3.60. The van der Waals surface area contributed by atoms with Gasteiger partial charge in [-0.15, -0.1) is 11.3 Å². The number of benzene rings is 2. The lowest BCUT2D eigenvalue weighted by atomic mass is 10.0. The van der Waals surface area contributed by atoms with E-state index in [0.29, 0.717) is 25.3 Å². The third-order valence-corrected chi connectivity index (χ3v) is 7.11. The third kappa shape index (κ3) is 4.65. The molecular weight excluding hydrogens is 462 g/mol. The number of aromatic nitrogens is 3. The standard InChI is InChI=1S/C26H25N5O3S/c32-26(28-13-24-27-9-11-35-24)25-20-16-30(14-19-6-7-22-23(12-19)34-17-33-22)10-8-21(20)31(29-25)15-18-4-2-1-3-5-18/h1-7,9,11-12H,8,10,13-17H2,(H,28,32). The lowest BCUT2D eigenvalue weighted by Gasteiger charge is -2.28. The summed E-state index contributed by atoms with van der Waals surface area (Å²) >= 11 is 1.53. The van der Waals surface area contributed by atoms with Crippen LogP contribution in [0, 0.1) is 0 Å². The highest BCUT2D eigenvalue weighted by Crippen LogP contribution is 2.33. The van der Waals surface area contributed by atoms with Crippen LogP contribution in [0.15, 0.2) is 60.1 Å². The van der Waals surface area contributed by atoms with Crippen molar-refractivity contribution in [1.29, 1.82) is 0 Å². The van der Waals surface area contributed by atoms with Gasteiger partial charge in [0.1, 0.15) is 5.01 Å². The molecule has 0 spiro atoms. The molecule has 0 atom stereocenters. The lowest BCUT2D eigenvalue weighted by molar-refractivity contribution is 0.0942. The summed E-state index contributed by atoms with van der Waals surface area (Å²) in [7, 11) is 0. The van der Waals surface area contributed by atoms with Crippen molar-refractivity contribution in [3.63, 3.8) is 0 Å². The van der Waals surface area contributed by atoms with Crippen LogP contribution < -0.4 is 14.8 Å². The van der Waals surface area contributed by atoms with Crippen LogP contribution in [-0.2, 0) is 32.6 Å². The summed E-state index contributed by atoms with van der Waals surface area (Å²) in [5, 5.41) is 10.6. The Bertz CT molecular complexity index is 1340. The molecule has 8 nitrogen and oxygen atoms in total. The van der Waals surface area contributed by atoms with Gasteiger partial charge in [-0.3, -0.25) is 14.4 Å². The first-order valence-corrected chi connectivity index (χ1v) is 12.5. The molecular formula is C26H25N5O3S. The zero-order valence-corrected chi connectivity index (χ0v) is 20.0. The van der Waals surface area contributed by atoms with Crippen molar-refractivity contribution in [2.45, 2.75) is 32.6 Å². The van der Waals surface area contributed by atoms with Gasteiger partial charge < -0.3 is 14.8 Å². The number of thiazole rings is 1. The molecule has 0 unspecified atom stereocenters. The number of nitrogens with zero attached hydrogens (tertiary/aromatic N) is 4. The van der Waals surface area contributed by atoms with Crippen LogP contribution in [0.4, 0.5) is 0 Å². The summed E-state index contributed by atoms with van der Waals surface area (Å²) in [5.74, 6) is 1.42. The van der Waals surface area contributed by atoms with E-state index in [4.69, 9.17) is 14.6 Å². The molecule has 178 valence electrons. The molecule has 1 N–H and O–H groups in total. The highest BCUT2D eigenvalue weighted by molar-refractivity contribution is 7.09. The van der Waals surface area contributed by atoms with Crippen LogP contribution in [0.1, 0.15) is 37.9 Å². The maximum Gasteiger partial charge on any atom is 0.272 e.